The number of hydrogen-bond acceptors (Lipinski definition) is 7. The molecule has 2 heterocycles. The maximum atomic E-state index is 13.3. The van der Waals surface area contributed by atoms with Crippen LogP contribution in [0.5, 0.6) is 11.5 Å². The summed E-state index contributed by atoms with van der Waals surface area (Å²) in [6, 6.07) is 4.89. The van der Waals surface area contributed by atoms with Gasteiger partial charge in [0, 0.05) is 32.0 Å². The summed E-state index contributed by atoms with van der Waals surface area (Å²) in [5, 5.41) is 0. The zero-order valence-electron chi connectivity index (χ0n) is 16.7. The number of amides is 1. The van der Waals surface area contributed by atoms with E-state index in [4.69, 9.17) is 14.2 Å². The van der Waals surface area contributed by atoms with Crippen LogP contribution in [0.4, 0.5) is 8.68 Å². The van der Waals surface area contributed by atoms with Crippen LogP contribution < -0.4 is 9.47 Å². The van der Waals surface area contributed by atoms with Crippen LogP contribution in [-0.2, 0) is 19.4 Å². The molecule has 0 N–H and O–H groups in total. The first-order valence-corrected chi connectivity index (χ1v) is 10.4. The number of nitrogens with zero attached hydrogens (tertiary/aromatic N) is 1. The second-order valence-corrected chi connectivity index (χ2v) is 8.91. The number of halogens is 1. The number of fused-ring (bicyclic) bond motifs is 1. The summed E-state index contributed by atoms with van der Waals surface area (Å²) in [4.78, 5) is 13.9. The van der Waals surface area contributed by atoms with Crippen LogP contribution in [0.15, 0.2) is 24.3 Å². The first-order valence-electron chi connectivity index (χ1n) is 9.13. The van der Waals surface area contributed by atoms with Gasteiger partial charge in [0.15, 0.2) is 5.76 Å². The standard InChI is InChI=1S/C19H24FNO7S/c1-18(2,3)27-17(22)21-10-8-19(9-11-21)12-15(28-29(20,23)24)16-13(25-4)6-5-7-14(16)26-19/h5-7,12H,8-11H2,1-4H3. The Bertz CT molecular complexity index is 928. The minimum absolute atomic E-state index is 0.197. The van der Waals surface area contributed by atoms with Crippen LogP contribution in [0.3, 0.4) is 0 Å². The number of carbonyl (C=O) groups excluding carboxylic acids is 1. The van der Waals surface area contributed by atoms with Crippen molar-refractivity contribution in [2.75, 3.05) is 20.2 Å². The molecule has 1 aromatic carbocycles. The normalized spacial score (nSPS) is 18.4. The maximum Gasteiger partial charge on any atom is 0.488 e. The van der Waals surface area contributed by atoms with Crippen molar-refractivity contribution in [3.63, 3.8) is 0 Å². The van der Waals surface area contributed by atoms with Gasteiger partial charge >= 0.3 is 16.6 Å². The molecule has 2 aliphatic heterocycles. The van der Waals surface area contributed by atoms with Gasteiger partial charge in [0.1, 0.15) is 28.3 Å². The highest BCUT2D eigenvalue weighted by Gasteiger charge is 2.42. The monoisotopic (exact) mass is 429 g/mol. The summed E-state index contributed by atoms with van der Waals surface area (Å²) in [6.45, 7) is 6.00. The highest BCUT2D eigenvalue weighted by Crippen LogP contribution is 2.45. The van der Waals surface area contributed by atoms with E-state index < -0.39 is 27.8 Å². The number of methoxy groups -OCH3 is 1. The van der Waals surface area contributed by atoms with E-state index in [9.17, 15) is 17.1 Å². The second-order valence-electron chi connectivity index (χ2n) is 7.95. The van der Waals surface area contributed by atoms with Crippen LogP contribution in [-0.4, -0.2) is 50.8 Å². The lowest BCUT2D eigenvalue weighted by Gasteiger charge is -2.42. The van der Waals surface area contributed by atoms with Gasteiger partial charge in [-0.2, -0.15) is 8.42 Å². The average molecular weight is 429 g/mol. The molecule has 0 atom stereocenters. The molecule has 160 valence electrons. The molecule has 0 aliphatic carbocycles. The molecule has 8 nitrogen and oxygen atoms in total. The number of ether oxygens (including phenoxy) is 3. The Morgan fingerprint density at radius 3 is 2.45 bits per heavy atom. The minimum atomic E-state index is -5.26. The van der Waals surface area contributed by atoms with Crippen molar-refractivity contribution in [3.05, 3.63) is 29.8 Å². The van der Waals surface area contributed by atoms with E-state index in [0.717, 1.165) is 0 Å². The number of likely N-dealkylation sites (tertiary alicyclic amines) is 1. The highest BCUT2D eigenvalue weighted by molar-refractivity contribution is 7.81. The van der Waals surface area contributed by atoms with E-state index in [1.54, 1.807) is 43.9 Å². The van der Waals surface area contributed by atoms with Crippen molar-refractivity contribution in [2.45, 2.75) is 44.8 Å². The van der Waals surface area contributed by atoms with Gasteiger partial charge in [-0.3, -0.25) is 0 Å². The van der Waals surface area contributed by atoms with Gasteiger partial charge in [-0.05, 0) is 32.9 Å². The fourth-order valence-corrected chi connectivity index (χ4v) is 3.73. The molecule has 0 saturated carbocycles. The number of carbonyl (C=O) groups is 1. The number of piperidine rings is 1. The molecule has 0 unspecified atom stereocenters. The molecular weight excluding hydrogens is 405 g/mol. The first-order chi connectivity index (χ1) is 13.4. The van der Waals surface area contributed by atoms with Gasteiger partial charge in [0.25, 0.3) is 0 Å². The van der Waals surface area contributed by atoms with Crippen molar-refractivity contribution < 1.29 is 35.5 Å². The second kappa shape index (κ2) is 7.40. The molecule has 1 fully saturated rings. The summed E-state index contributed by atoms with van der Waals surface area (Å²) < 4.78 is 57.1. The van der Waals surface area contributed by atoms with E-state index in [2.05, 4.69) is 4.18 Å². The third kappa shape index (κ3) is 4.92. The third-order valence-electron chi connectivity index (χ3n) is 4.61. The molecule has 1 amide bonds. The maximum absolute atomic E-state index is 13.3. The van der Waals surface area contributed by atoms with Crippen molar-refractivity contribution in [1.29, 1.82) is 0 Å². The van der Waals surface area contributed by atoms with Crippen LogP contribution >= 0.6 is 0 Å². The van der Waals surface area contributed by atoms with E-state index >= 15 is 0 Å². The number of benzene rings is 1. The summed E-state index contributed by atoms with van der Waals surface area (Å²) >= 11 is 0. The molecule has 2 aliphatic rings. The van der Waals surface area contributed by atoms with Gasteiger partial charge in [0.05, 0.1) is 7.11 Å². The molecule has 1 spiro atoms. The molecule has 0 aromatic heterocycles. The van der Waals surface area contributed by atoms with Crippen LogP contribution in [0.1, 0.15) is 39.2 Å². The van der Waals surface area contributed by atoms with Gasteiger partial charge < -0.3 is 23.3 Å². The van der Waals surface area contributed by atoms with Gasteiger partial charge in [-0.1, -0.05) is 9.95 Å². The van der Waals surface area contributed by atoms with Gasteiger partial charge in [0.2, 0.25) is 0 Å². The van der Waals surface area contributed by atoms with E-state index in [1.165, 1.54) is 13.2 Å². The largest absolute Gasteiger partial charge is 0.496 e. The van der Waals surface area contributed by atoms with E-state index in [0.29, 0.717) is 37.4 Å². The summed E-state index contributed by atoms with van der Waals surface area (Å²) in [5.41, 5.74) is -1.34. The quantitative estimate of drug-likeness (QED) is 0.680. The Kier molecular flexibility index (Phi) is 5.42. The number of rotatable bonds is 3. The van der Waals surface area contributed by atoms with Crippen LogP contribution in [0.25, 0.3) is 5.76 Å². The van der Waals surface area contributed by atoms with Crippen molar-refractivity contribution in [3.8, 4) is 11.5 Å². The number of hydrogen-bond donors (Lipinski definition) is 0. The van der Waals surface area contributed by atoms with Crippen molar-refractivity contribution in [1.82, 2.24) is 4.90 Å². The Hall–Kier alpha value is -2.49. The SMILES string of the molecule is COc1cccc2c1C(OS(=O)(=O)F)=CC1(CCN(C(=O)OC(C)(C)C)CC1)O2. The molecule has 1 aromatic rings. The topological polar surface area (TPSA) is 91.4 Å². The zero-order valence-corrected chi connectivity index (χ0v) is 17.5. The third-order valence-corrected chi connectivity index (χ3v) is 4.99. The Balaban J connectivity index is 1.88. The Morgan fingerprint density at radius 1 is 1.24 bits per heavy atom. The minimum Gasteiger partial charge on any atom is -0.496 e. The fourth-order valence-electron chi connectivity index (χ4n) is 3.38. The summed E-state index contributed by atoms with van der Waals surface area (Å²) in [6.07, 6.45) is 1.71. The van der Waals surface area contributed by atoms with Crippen LogP contribution in [0, 0.1) is 0 Å². The zero-order chi connectivity index (χ0) is 21.4. The molecule has 29 heavy (non-hydrogen) atoms. The summed E-state index contributed by atoms with van der Waals surface area (Å²) in [5.74, 6) is 0.409. The molecule has 10 heteroatoms. The molecular formula is C19H24FNO7S. The lowest BCUT2D eigenvalue weighted by Crippen LogP contribution is -2.50. The lowest BCUT2D eigenvalue weighted by molar-refractivity contribution is -0.00166. The van der Waals surface area contributed by atoms with Crippen molar-refractivity contribution >= 4 is 22.4 Å². The molecule has 0 bridgehead atoms. The smallest absolute Gasteiger partial charge is 0.488 e. The lowest BCUT2D eigenvalue weighted by atomic mass is 9.87. The Morgan fingerprint density at radius 2 is 1.90 bits per heavy atom. The molecule has 3 rings (SSSR count). The van der Waals surface area contributed by atoms with Crippen LogP contribution in [0.2, 0.25) is 0 Å². The fraction of sp³-hybridized carbons (Fsp3) is 0.526. The van der Waals surface area contributed by atoms with Crippen molar-refractivity contribution in [2.24, 2.45) is 0 Å². The predicted molar refractivity (Wildman–Crippen MR) is 102 cm³/mol. The Labute approximate surface area is 169 Å². The van der Waals surface area contributed by atoms with Gasteiger partial charge in [-0.25, -0.2) is 4.79 Å². The first kappa shape index (κ1) is 21.2. The van der Waals surface area contributed by atoms with Gasteiger partial charge in [-0.15, -0.1) is 0 Å². The predicted octanol–water partition coefficient (Wildman–Crippen LogP) is 3.43. The molecule has 1 saturated heterocycles. The molecule has 0 radical (unpaired) electrons. The highest BCUT2D eigenvalue weighted by atomic mass is 32.3. The average Bonchev–Trinajstić information content (AvgIpc) is 2.58. The van der Waals surface area contributed by atoms with E-state index in [1.807, 2.05) is 0 Å². The van der Waals surface area contributed by atoms with E-state index in [-0.39, 0.29) is 11.3 Å². The summed E-state index contributed by atoms with van der Waals surface area (Å²) in [7, 11) is -3.85.